The van der Waals surface area contributed by atoms with Crippen LogP contribution in [0.25, 0.3) is 0 Å². The first-order valence-electron chi connectivity index (χ1n) is 11.1. The van der Waals surface area contributed by atoms with E-state index in [-0.39, 0.29) is 28.2 Å². The minimum absolute atomic E-state index is 0.0258. The van der Waals surface area contributed by atoms with Crippen LogP contribution in [-0.2, 0) is 16.4 Å². The van der Waals surface area contributed by atoms with E-state index in [0.717, 1.165) is 36.8 Å². The molecule has 33 heavy (non-hydrogen) atoms. The minimum Gasteiger partial charge on any atom is -0.495 e. The van der Waals surface area contributed by atoms with Gasteiger partial charge in [-0.25, -0.2) is 13.1 Å². The predicted molar refractivity (Wildman–Crippen MR) is 129 cm³/mol. The molecule has 0 heterocycles. The molecule has 1 aliphatic rings. The summed E-state index contributed by atoms with van der Waals surface area (Å²) >= 11 is 0. The summed E-state index contributed by atoms with van der Waals surface area (Å²) in [5.74, 6) is -0.169. The molecule has 0 radical (unpaired) electrons. The van der Waals surface area contributed by atoms with Crippen molar-refractivity contribution in [3.63, 3.8) is 0 Å². The predicted octanol–water partition coefficient (Wildman–Crippen LogP) is 4.76. The van der Waals surface area contributed by atoms with Crippen molar-refractivity contribution in [2.45, 2.75) is 43.0 Å². The lowest BCUT2D eigenvalue weighted by molar-refractivity contribution is 0.102. The number of nitrogens with one attached hydrogen (secondary N) is 2. The van der Waals surface area contributed by atoms with Crippen molar-refractivity contribution in [3.05, 3.63) is 89.5 Å². The van der Waals surface area contributed by atoms with Gasteiger partial charge < -0.3 is 10.1 Å². The molecule has 172 valence electrons. The minimum atomic E-state index is -3.82. The highest BCUT2D eigenvalue weighted by molar-refractivity contribution is 7.89. The summed E-state index contributed by atoms with van der Waals surface area (Å²) in [6, 6.07) is 22.0. The molecule has 0 aliphatic heterocycles. The number of carbonyl (C=O) groups excluding carboxylic acids is 1. The number of benzene rings is 3. The summed E-state index contributed by atoms with van der Waals surface area (Å²) in [7, 11) is -2.40. The van der Waals surface area contributed by atoms with Crippen LogP contribution in [-0.4, -0.2) is 27.5 Å². The van der Waals surface area contributed by atoms with Gasteiger partial charge >= 0.3 is 0 Å². The summed E-state index contributed by atoms with van der Waals surface area (Å²) in [5, 5.41) is 2.94. The van der Waals surface area contributed by atoms with E-state index in [9.17, 15) is 13.2 Å². The van der Waals surface area contributed by atoms with Gasteiger partial charge in [-0.2, -0.15) is 0 Å². The maximum Gasteiger partial charge on any atom is 0.255 e. The Morgan fingerprint density at radius 1 is 0.970 bits per heavy atom. The first-order valence-corrected chi connectivity index (χ1v) is 12.6. The van der Waals surface area contributed by atoms with E-state index in [1.54, 1.807) is 6.07 Å². The van der Waals surface area contributed by atoms with E-state index in [1.807, 2.05) is 54.6 Å². The van der Waals surface area contributed by atoms with E-state index in [1.165, 1.54) is 19.2 Å². The maximum absolute atomic E-state index is 13.1. The van der Waals surface area contributed by atoms with Crippen molar-refractivity contribution in [1.82, 2.24) is 4.72 Å². The van der Waals surface area contributed by atoms with Gasteiger partial charge in [0.05, 0.1) is 7.11 Å². The normalized spacial score (nSPS) is 14.2. The molecule has 3 aromatic rings. The standard InChI is InChI=1S/C26H28N2O4S/c1-32-24-16-15-21(18-25(24)33(30,31)28-22-12-6-7-13-22)26(29)27-23-14-8-5-11-20(23)17-19-9-3-2-4-10-19/h2-5,8-11,14-16,18,22,28H,6-7,12-13,17H2,1H3,(H,27,29). The number of carbonyl (C=O) groups is 1. The van der Waals surface area contributed by atoms with Crippen LogP contribution >= 0.6 is 0 Å². The molecule has 0 aromatic heterocycles. The number of hydrogen-bond donors (Lipinski definition) is 2. The van der Waals surface area contributed by atoms with Gasteiger partial charge in [-0.15, -0.1) is 0 Å². The molecule has 1 fully saturated rings. The molecule has 7 heteroatoms. The molecule has 0 unspecified atom stereocenters. The van der Waals surface area contributed by atoms with Crippen LogP contribution in [0.1, 0.15) is 47.2 Å². The molecule has 1 aliphatic carbocycles. The number of anilines is 1. The second kappa shape index (κ2) is 10.2. The van der Waals surface area contributed by atoms with Gasteiger partial charge in [0, 0.05) is 17.3 Å². The van der Waals surface area contributed by atoms with Crippen LogP contribution in [0.2, 0.25) is 0 Å². The third-order valence-electron chi connectivity index (χ3n) is 5.90. The first kappa shape index (κ1) is 23.0. The van der Waals surface area contributed by atoms with E-state index >= 15 is 0 Å². The first-order chi connectivity index (χ1) is 16.0. The van der Waals surface area contributed by atoms with E-state index < -0.39 is 10.0 Å². The summed E-state index contributed by atoms with van der Waals surface area (Å²) < 4.78 is 34.1. The quantitative estimate of drug-likeness (QED) is 0.503. The zero-order chi connectivity index (χ0) is 23.3. The van der Waals surface area contributed by atoms with Gasteiger partial charge in [0.1, 0.15) is 10.6 Å². The van der Waals surface area contributed by atoms with Crippen molar-refractivity contribution < 1.29 is 17.9 Å². The monoisotopic (exact) mass is 464 g/mol. The fourth-order valence-electron chi connectivity index (χ4n) is 4.16. The van der Waals surface area contributed by atoms with Gasteiger partial charge in [0.2, 0.25) is 10.0 Å². The fourth-order valence-corrected chi connectivity index (χ4v) is 5.66. The highest BCUT2D eigenvalue weighted by Gasteiger charge is 2.26. The second-order valence-corrected chi connectivity index (χ2v) is 9.92. The molecule has 0 saturated heterocycles. The van der Waals surface area contributed by atoms with Gasteiger partial charge in [0.15, 0.2) is 0 Å². The topological polar surface area (TPSA) is 84.5 Å². The number of rotatable bonds is 8. The van der Waals surface area contributed by atoms with Crippen molar-refractivity contribution in [3.8, 4) is 5.75 Å². The molecule has 1 amide bonds. The molecule has 3 aromatic carbocycles. The molecule has 0 spiro atoms. The van der Waals surface area contributed by atoms with Crippen LogP contribution in [0.15, 0.2) is 77.7 Å². The Labute approximate surface area is 195 Å². The van der Waals surface area contributed by atoms with Gasteiger partial charge in [0.25, 0.3) is 5.91 Å². The zero-order valence-electron chi connectivity index (χ0n) is 18.6. The SMILES string of the molecule is COc1ccc(C(=O)Nc2ccccc2Cc2ccccc2)cc1S(=O)(=O)NC1CCCC1. The Morgan fingerprint density at radius 3 is 2.39 bits per heavy atom. The Hall–Kier alpha value is -3.16. The molecule has 2 N–H and O–H groups in total. The largest absolute Gasteiger partial charge is 0.495 e. The fraction of sp³-hybridized carbons (Fsp3) is 0.269. The van der Waals surface area contributed by atoms with Crippen molar-refractivity contribution in [2.24, 2.45) is 0 Å². The molecular weight excluding hydrogens is 436 g/mol. The summed E-state index contributed by atoms with van der Waals surface area (Å²) in [6.45, 7) is 0. The molecule has 6 nitrogen and oxygen atoms in total. The lowest BCUT2D eigenvalue weighted by Gasteiger charge is -2.16. The molecule has 0 bridgehead atoms. The smallest absolute Gasteiger partial charge is 0.255 e. The Kier molecular flexibility index (Phi) is 7.11. The number of sulfonamides is 1. The van der Waals surface area contributed by atoms with Gasteiger partial charge in [-0.05, 0) is 54.7 Å². The zero-order valence-corrected chi connectivity index (χ0v) is 19.4. The molecule has 1 saturated carbocycles. The Bertz CT molecular complexity index is 1220. The maximum atomic E-state index is 13.1. The van der Waals surface area contributed by atoms with Crippen LogP contribution in [0.5, 0.6) is 5.75 Å². The van der Waals surface area contributed by atoms with Crippen LogP contribution < -0.4 is 14.8 Å². The van der Waals surface area contributed by atoms with E-state index in [2.05, 4.69) is 10.0 Å². The highest BCUT2D eigenvalue weighted by Crippen LogP contribution is 2.28. The third-order valence-corrected chi connectivity index (χ3v) is 7.44. The molecule has 0 atom stereocenters. The van der Waals surface area contributed by atoms with Crippen molar-refractivity contribution >= 4 is 21.6 Å². The number of methoxy groups -OCH3 is 1. The van der Waals surface area contributed by atoms with Crippen LogP contribution in [0, 0.1) is 0 Å². The van der Waals surface area contributed by atoms with E-state index in [0.29, 0.717) is 12.1 Å². The summed E-state index contributed by atoms with van der Waals surface area (Å²) in [5.41, 5.74) is 3.05. The third kappa shape index (κ3) is 5.61. The number of ether oxygens (including phenoxy) is 1. The lowest BCUT2D eigenvalue weighted by atomic mass is 10.0. The number of para-hydroxylation sites is 1. The Balaban J connectivity index is 1.58. The molecule has 4 rings (SSSR count). The van der Waals surface area contributed by atoms with Crippen LogP contribution in [0.3, 0.4) is 0 Å². The summed E-state index contributed by atoms with van der Waals surface area (Å²) in [4.78, 5) is 13.0. The number of amides is 1. The Morgan fingerprint density at radius 2 is 1.67 bits per heavy atom. The average molecular weight is 465 g/mol. The van der Waals surface area contributed by atoms with E-state index in [4.69, 9.17) is 4.74 Å². The van der Waals surface area contributed by atoms with Gasteiger partial charge in [-0.1, -0.05) is 61.4 Å². The number of hydrogen-bond acceptors (Lipinski definition) is 4. The summed E-state index contributed by atoms with van der Waals surface area (Å²) in [6.07, 6.45) is 4.33. The molecular formula is C26H28N2O4S. The van der Waals surface area contributed by atoms with Crippen molar-refractivity contribution in [1.29, 1.82) is 0 Å². The van der Waals surface area contributed by atoms with Crippen LogP contribution in [0.4, 0.5) is 5.69 Å². The van der Waals surface area contributed by atoms with Gasteiger partial charge in [-0.3, -0.25) is 4.79 Å². The lowest BCUT2D eigenvalue weighted by Crippen LogP contribution is -2.33. The average Bonchev–Trinajstić information content (AvgIpc) is 3.33. The second-order valence-electron chi connectivity index (χ2n) is 8.24. The van der Waals surface area contributed by atoms with Crippen molar-refractivity contribution in [2.75, 3.05) is 12.4 Å². The highest BCUT2D eigenvalue weighted by atomic mass is 32.2.